The van der Waals surface area contributed by atoms with Crippen LogP contribution in [0.5, 0.6) is 0 Å². The van der Waals surface area contributed by atoms with Gasteiger partial charge in [-0.15, -0.1) is 0 Å². The van der Waals surface area contributed by atoms with Crippen LogP contribution in [0.1, 0.15) is 19.4 Å². The highest BCUT2D eigenvalue weighted by molar-refractivity contribution is 5.74. The van der Waals surface area contributed by atoms with Crippen LogP contribution >= 0.6 is 0 Å². The van der Waals surface area contributed by atoms with Gasteiger partial charge in [0.1, 0.15) is 0 Å². The van der Waals surface area contributed by atoms with Gasteiger partial charge in [0.25, 0.3) is 0 Å². The molecule has 0 amide bonds. The second-order valence-corrected chi connectivity index (χ2v) is 5.39. The number of aliphatic hydroxyl groups is 1. The van der Waals surface area contributed by atoms with E-state index in [4.69, 9.17) is 9.52 Å². The molecule has 5 heteroatoms. The van der Waals surface area contributed by atoms with E-state index in [0.717, 1.165) is 17.6 Å². The van der Waals surface area contributed by atoms with E-state index in [9.17, 15) is 4.79 Å². The van der Waals surface area contributed by atoms with Crippen molar-refractivity contribution in [2.24, 2.45) is 7.05 Å². The van der Waals surface area contributed by atoms with Crippen molar-refractivity contribution in [1.29, 1.82) is 0 Å². The number of aliphatic hydroxyl groups excluding tert-OH is 1. The van der Waals surface area contributed by atoms with Gasteiger partial charge < -0.3 is 14.8 Å². The molecule has 0 aliphatic heterocycles. The lowest BCUT2D eigenvalue weighted by molar-refractivity contribution is 0.286. The van der Waals surface area contributed by atoms with E-state index in [1.165, 1.54) is 4.57 Å². The van der Waals surface area contributed by atoms with Crippen LogP contribution in [0.4, 0.5) is 0 Å². The first kappa shape index (κ1) is 13.8. The molecular formula is C14H20N2O3. The summed E-state index contributed by atoms with van der Waals surface area (Å²) in [6, 6.07) is 5.80. The number of aryl methyl sites for hydroxylation is 1. The summed E-state index contributed by atoms with van der Waals surface area (Å²) in [6.45, 7) is 5.71. The molecule has 5 nitrogen and oxygen atoms in total. The Labute approximate surface area is 111 Å². The van der Waals surface area contributed by atoms with Crippen LogP contribution < -0.4 is 11.1 Å². The first-order chi connectivity index (χ1) is 8.95. The van der Waals surface area contributed by atoms with E-state index in [1.54, 1.807) is 7.05 Å². The topological polar surface area (TPSA) is 67.4 Å². The summed E-state index contributed by atoms with van der Waals surface area (Å²) >= 11 is 0. The molecule has 0 saturated heterocycles. The third-order valence-electron chi connectivity index (χ3n) is 3.43. The van der Waals surface area contributed by atoms with Crippen LogP contribution in [-0.2, 0) is 12.5 Å². The Hall–Kier alpha value is -1.59. The van der Waals surface area contributed by atoms with Gasteiger partial charge in [0.2, 0.25) is 0 Å². The molecule has 0 unspecified atom stereocenters. The Balaban J connectivity index is 2.34. The largest absolute Gasteiger partial charge is 0.419 e. The summed E-state index contributed by atoms with van der Waals surface area (Å²) in [5.74, 6) is -0.344. The zero-order chi connectivity index (χ0) is 14.0. The Kier molecular flexibility index (Phi) is 3.78. The van der Waals surface area contributed by atoms with Crippen molar-refractivity contribution in [3.05, 3.63) is 34.3 Å². The van der Waals surface area contributed by atoms with Crippen LogP contribution in [0.3, 0.4) is 0 Å². The van der Waals surface area contributed by atoms with Crippen LogP contribution in [0, 0.1) is 0 Å². The fourth-order valence-corrected chi connectivity index (χ4v) is 2.13. The Morgan fingerprint density at radius 3 is 2.84 bits per heavy atom. The second-order valence-electron chi connectivity index (χ2n) is 5.39. The molecule has 0 atom stereocenters. The molecule has 0 saturated carbocycles. The lowest BCUT2D eigenvalue weighted by atomic mass is 9.84. The van der Waals surface area contributed by atoms with Crippen molar-refractivity contribution in [1.82, 2.24) is 9.88 Å². The molecule has 2 aromatic rings. The number of hydrogen-bond donors (Lipinski definition) is 2. The zero-order valence-corrected chi connectivity index (χ0v) is 11.6. The van der Waals surface area contributed by atoms with E-state index in [-0.39, 0.29) is 17.8 Å². The molecule has 0 aliphatic carbocycles. The quantitative estimate of drug-likeness (QED) is 0.790. The molecule has 1 aromatic carbocycles. The Bertz CT molecular complexity index is 625. The molecule has 0 spiro atoms. The monoisotopic (exact) mass is 264 g/mol. The number of nitrogens with one attached hydrogen (secondary N) is 1. The highest BCUT2D eigenvalue weighted by atomic mass is 16.4. The van der Waals surface area contributed by atoms with Crippen molar-refractivity contribution in [2.75, 3.05) is 19.7 Å². The highest BCUT2D eigenvalue weighted by Gasteiger charge is 2.21. The highest BCUT2D eigenvalue weighted by Crippen LogP contribution is 2.25. The van der Waals surface area contributed by atoms with Gasteiger partial charge in [-0.2, -0.15) is 0 Å². The summed E-state index contributed by atoms with van der Waals surface area (Å²) in [4.78, 5) is 11.5. The number of oxazole rings is 1. The molecule has 104 valence electrons. The minimum absolute atomic E-state index is 0.0866. The number of nitrogens with zero attached hydrogens (tertiary/aromatic N) is 1. The number of rotatable bonds is 5. The van der Waals surface area contributed by atoms with Crippen molar-refractivity contribution >= 4 is 11.1 Å². The smallest absolute Gasteiger partial charge is 0.408 e. The van der Waals surface area contributed by atoms with Gasteiger partial charge in [-0.3, -0.25) is 4.57 Å². The molecule has 0 fully saturated rings. The molecule has 2 rings (SSSR count). The average Bonchev–Trinajstić information content (AvgIpc) is 2.65. The fourth-order valence-electron chi connectivity index (χ4n) is 2.13. The summed E-state index contributed by atoms with van der Waals surface area (Å²) in [5, 5.41) is 12.0. The maximum atomic E-state index is 11.5. The molecule has 1 heterocycles. The zero-order valence-electron chi connectivity index (χ0n) is 11.6. The SMILES string of the molecule is Cn1c(=O)oc2ccc(C(C)(C)CNCCO)cc21. The lowest BCUT2D eigenvalue weighted by Gasteiger charge is -2.25. The van der Waals surface area contributed by atoms with E-state index < -0.39 is 0 Å². The van der Waals surface area contributed by atoms with Gasteiger partial charge in [-0.1, -0.05) is 19.9 Å². The van der Waals surface area contributed by atoms with Crippen LogP contribution in [-0.4, -0.2) is 29.4 Å². The molecule has 0 bridgehead atoms. The number of hydrogen-bond acceptors (Lipinski definition) is 4. The van der Waals surface area contributed by atoms with Gasteiger partial charge in [0.05, 0.1) is 12.1 Å². The van der Waals surface area contributed by atoms with Crippen LogP contribution in [0.2, 0.25) is 0 Å². The second kappa shape index (κ2) is 5.19. The fraction of sp³-hybridized carbons (Fsp3) is 0.500. The third kappa shape index (κ3) is 2.72. The Morgan fingerprint density at radius 2 is 2.16 bits per heavy atom. The molecule has 2 N–H and O–H groups in total. The van der Waals surface area contributed by atoms with Gasteiger partial charge in [0, 0.05) is 25.6 Å². The van der Waals surface area contributed by atoms with Crippen molar-refractivity contribution in [3.8, 4) is 0 Å². The predicted molar refractivity (Wildman–Crippen MR) is 74.4 cm³/mol. The van der Waals surface area contributed by atoms with E-state index in [0.29, 0.717) is 12.1 Å². The first-order valence-electron chi connectivity index (χ1n) is 6.37. The first-order valence-corrected chi connectivity index (χ1v) is 6.37. The summed E-state index contributed by atoms with van der Waals surface area (Å²) in [5.41, 5.74) is 2.45. The van der Waals surface area contributed by atoms with Crippen molar-refractivity contribution in [3.63, 3.8) is 0 Å². The molecule has 0 radical (unpaired) electrons. The molecular weight excluding hydrogens is 244 g/mol. The van der Waals surface area contributed by atoms with Gasteiger partial charge in [-0.25, -0.2) is 4.79 Å². The maximum absolute atomic E-state index is 11.5. The minimum Gasteiger partial charge on any atom is -0.408 e. The van der Waals surface area contributed by atoms with Crippen LogP contribution in [0.25, 0.3) is 11.1 Å². The summed E-state index contributed by atoms with van der Waals surface area (Å²) in [7, 11) is 1.70. The predicted octanol–water partition coefficient (Wildman–Crippen LogP) is 0.991. The van der Waals surface area contributed by atoms with Gasteiger partial charge in [0.15, 0.2) is 5.58 Å². The summed E-state index contributed by atoms with van der Waals surface area (Å²) in [6.07, 6.45) is 0. The normalized spacial score (nSPS) is 12.2. The average molecular weight is 264 g/mol. The minimum atomic E-state index is -0.344. The summed E-state index contributed by atoms with van der Waals surface area (Å²) < 4.78 is 6.63. The molecule has 0 aliphatic rings. The van der Waals surface area contributed by atoms with Crippen molar-refractivity contribution in [2.45, 2.75) is 19.3 Å². The van der Waals surface area contributed by atoms with E-state index in [1.807, 2.05) is 18.2 Å². The maximum Gasteiger partial charge on any atom is 0.419 e. The molecule has 1 aromatic heterocycles. The van der Waals surface area contributed by atoms with Gasteiger partial charge >= 0.3 is 5.76 Å². The van der Waals surface area contributed by atoms with Crippen molar-refractivity contribution < 1.29 is 9.52 Å². The number of aromatic nitrogens is 1. The van der Waals surface area contributed by atoms with Crippen LogP contribution in [0.15, 0.2) is 27.4 Å². The third-order valence-corrected chi connectivity index (χ3v) is 3.43. The number of benzene rings is 1. The molecule has 19 heavy (non-hydrogen) atoms. The number of fused-ring (bicyclic) bond motifs is 1. The van der Waals surface area contributed by atoms with E-state index >= 15 is 0 Å². The standard InChI is InChI=1S/C14H20N2O3/c1-14(2,9-15-6-7-17)10-4-5-12-11(8-10)16(3)13(18)19-12/h4-5,8,15,17H,6-7,9H2,1-3H3. The van der Waals surface area contributed by atoms with Gasteiger partial charge in [-0.05, 0) is 17.7 Å². The Morgan fingerprint density at radius 1 is 1.42 bits per heavy atom. The lowest BCUT2D eigenvalue weighted by Crippen LogP contribution is -2.34. The van der Waals surface area contributed by atoms with E-state index in [2.05, 4.69) is 19.2 Å².